The van der Waals surface area contributed by atoms with E-state index in [9.17, 15) is 13.8 Å². The predicted molar refractivity (Wildman–Crippen MR) is 191 cm³/mol. The molecule has 0 fully saturated rings. The van der Waals surface area contributed by atoms with Crippen LogP contribution in [-0.2, 0) is 15.9 Å². The molecule has 0 saturated heterocycles. The molecule has 2 amide bonds. The first-order valence-electron chi connectivity index (χ1n) is 14.9. The Kier molecular flexibility index (Phi) is 12.0. The highest BCUT2D eigenvalue weighted by Crippen LogP contribution is 2.35. The fraction of sp³-hybridized carbons (Fsp3) is 0.243. The lowest BCUT2D eigenvalue weighted by Gasteiger charge is -2.25. The molecule has 0 bridgehead atoms. The number of benzene rings is 4. The Morgan fingerprint density at radius 2 is 1.52 bits per heavy atom. The van der Waals surface area contributed by atoms with Crippen molar-refractivity contribution in [3.63, 3.8) is 0 Å². The van der Waals surface area contributed by atoms with Gasteiger partial charge in [-0.3, -0.25) is 9.59 Å². The summed E-state index contributed by atoms with van der Waals surface area (Å²) in [4.78, 5) is 26.5. The van der Waals surface area contributed by atoms with E-state index in [4.69, 9.17) is 27.8 Å². The van der Waals surface area contributed by atoms with Gasteiger partial charge in [0.1, 0.15) is 0 Å². The molecule has 0 aromatic heterocycles. The van der Waals surface area contributed by atoms with Gasteiger partial charge >= 0.3 is 0 Å². The van der Waals surface area contributed by atoms with Crippen LogP contribution in [0, 0.1) is 5.41 Å². The number of carbonyl (C=O) groups is 2. The molecule has 4 rings (SSSR count). The Morgan fingerprint density at radius 1 is 0.891 bits per heavy atom. The van der Waals surface area contributed by atoms with E-state index in [1.54, 1.807) is 24.3 Å². The number of amides is 2. The topological polar surface area (TPSA) is 95.5 Å². The maximum atomic E-state index is 14.0. The highest BCUT2D eigenvalue weighted by atomic mass is 35.5. The largest absolute Gasteiger partial charge is 0.351 e. The molecule has 6 nitrogen and oxygen atoms in total. The highest BCUT2D eigenvalue weighted by molar-refractivity contribution is 7.79. The third-order valence-electron chi connectivity index (χ3n) is 7.51. The van der Waals surface area contributed by atoms with Crippen LogP contribution in [0.1, 0.15) is 66.6 Å². The molecule has 0 aliphatic heterocycles. The van der Waals surface area contributed by atoms with E-state index < -0.39 is 17.0 Å². The first-order chi connectivity index (χ1) is 21.8. The number of hydrogen-bond acceptors (Lipinski definition) is 3. The zero-order chi connectivity index (χ0) is 33.4. The zero-order valence-corrected chi connectivity index (χ0v) is 28.5. The summed E-state index contributed by atoms with van der Waals surface area (Å²) >= 11 is 10.5. The van der Waals surface area contributed by atoms with E-state index in [2.05, 4.69) is 43.6 Å². The maximum absolute atomic E-state index is 14.0. The van der Waals surface area contributed by atoms with E-state index >= 15 is 0 Å². The van der Waals surface area contributed by atoms with Crippen LogP contribution in [0.15, 0.2) is 97.1 Å². The van der Waals surface area contributed by atoms with Gasteiger partial charge in [0.05, 0.1) is 11.7 Å². The number of nitrogens with one attached hydrogen (secondary N) is 2. The number of hydrogen-bond donors (Lipinski definition) is 3. The minimum absolute atomic E-state index is 0.0416. The monoisotopic (exact) mass is 676 g/mol. The second kappa shape index (κ2) is 15.7. The Labute approximate surface area is 283 Å². The van der Waals surface area contributed by atoms with E-state index in [0.29, 0.717) is 21.3 Å². The standard InChI is InChI=1S/C37H38Cl2N2O4S/c1-24(26-9-11-29(12-10-26)35(42)40-21-22-46(44)45)34(28-7-5-25(6-8-28)19-20-37(2,3)4)36(43)41-31-16-13-27(14-17-31)32-18-15-30(38)23-33(32)39/h5-20,23-24,34H,21-22H2,1-4H3,(H,40,42)(H,41,43)(H,44,45)/b20-19+. The molecular weight excluding hydrogens is 639 g/mol. The maximum Gasteiger partial charge on any atom is 0.251 e. The molecule has 46 heavy (non-hydrogen) atoms. The highest BCUT2D eigenvalue weighted by Gasteiger charge is 2.28. The number of allylic oxidation sites excluding steroid dienone is 1. The van der Waals surface area contributed by atoms with Gasteiger partial charge in [0.15, 0.2) is 11.1 Å². The van der Waals surface area contributed by atoms with Crippen molar-refractivity contribution >= 4 is 57.9 Å². The van der Waals surface area contributed by atoms with Crippen LogP contribution in [0.25, 0.3) is 17.2 Å². The second-order valence-electron chi connectivity index (χ2n) is 12.2. The van der Waals surface area contributed by atoms with Crippen LogP contribution in [0.5, 0.6) is 0 Å². The number of anilines is 1. The van der Waals surface area contributed by atoms with Crippen molar-refractivity contribution in [2.24, 2.45) is 5.41 Å². The summed E-state index contributed by atoms with van der Waals surface area (Å²) in [6, 6.07) is 27.9. The van der Waals surface area contributed by atoms with Crippen LogP contribution in [-0.4, -0.2) is 32.9 Å². The molecule has 3 atom stereocenters. The third kappa shape index (κ3) is 9.87. The molecule has 4 aromatic rings. The Hall–Kier alpha value is -3.75. The molecule has 240 valence electrons. The molecule has 0 aliphatic carbocycles. The molecule has 3 N–H and O–H groups in total. The predicted octanol–water partition coefficient (Wildman–Crippen LogP) is 9.20. The lowest BCUT2D eigenvalue weighted by Crippen LogP contribution is -2.27. The second-order valence-corrected chi connectivity index (χ2v) is 14.1. The van der Waals surface area contributed by atoms with E-state index in [1.807, 2.05) is 73.7 Å². The van der Waals surface area contributed by atoms with Gasteiger partial charge in [-0.05, 0) is 70.0 Å². The molecule has 0 heterocycles. The minimum Gasteiger partial charge on any atom is -0.351 e. The van der Waals surface area contributed by atoms with Crippen LogP contribution in [0.3, 0.4) is 0 Å². The molecule has 0 spiro atoms. The van der Waals surface area contributed by atoms with Crippen molar-refractivity contribution in [3.8, 4) is 11.1 Å². The molecule has 0 saturated carbocycles. The van der Waals surface area contributed by atoms with Gasteiger partial charge in [-0.15, -0.1) is 0 Å². The summed E-state index contributed by atoms with van der Waals surface area (Å²) in [5.74, 6) is -1.31. The summed E-state index contributed by atoms with van der Waals surface area (Å²) in [5.41, 5.74) is 5.66. The summed E-state index contributed by atoms with van der Waals surface area (Å²) in [7, 11) is 0. The summed E-state index contributed by atoms with van der Waals surface area (Å²) in [6.07, 6.45) is 4.23. The quantitative estimate of drug-likeness (QED) is 0.138. The van der Waals surface area contributed by atoms with E-state index in [-0.39, 0.29) is 35.4 Å². The number of carbonyl (C=O) groups excluding carboxylic acids is 2. The number of rotatable bonds is 11. The lowest BCUT2D eigenvalue weighted by atomic mass is 9.81. The zero-order valence-electron chi connectivity index (χ0n) is 26.2. The third-order valence-corrected chi connectivity index (χ3v) is 8.61. The van der Waals surface area contributed by atoms with Gasteiger partial charge in [-0.25, -0.2) is 4.21 Å². The smallest absolute Gasteiger partial charge is 0.251 e. The summed E-state index contributed by atoms with van der Waals surface area (Å²) in [5, 5.41) is 6.85. The molecular formula is C37H38Cl2N2O4S. The minimum atomic E-state index is -1.98. The molecule has 9 heteroatoms. The fourth-order valence-electron chi connectivity index (χ4n) is 4.99. The van der Waals surface area contributed by atoms with Crippen LogP contribution in [0.2, 0.25) is 10.0 Å². The lowest BCUT2D eigenvalue weighted by molar-refractivity contribution is -0.118. The Morgan fingerprint density at radius 3 is 2.11 bits per heavy atom. The molecule has 0 radical (unpaired) electrons. The normalized spacial score (nSPS) is 13.6. The first kappa shape index (κ1) is 35.1. The average Bonchev–Trinajstić information content (AvgIpc) is 3.01. The van der Waals surface area contributed by atoms with Crippen LogP contribution in [0.4, 0.5) is 5.69 Å². The van der Waals surface area contributed by atoms with Crippen molar-refractivity contribution in [1.29, 1.82) is 0 Å². The Balaban J connectivity index is 1.59. The van der Waals surface area contributed by atoms with Crippen molar-refractivity contribution in [3.05, 3.63) is 129 Å². The fourth-order valence-corrected chi connectivity index (χ4v) is 5.78. The van der Waals surface area contributed by atoms with Crippen molar-refractivity contribution < 1.29 is 18.4 Å². The van der Waals surface area contributed by atoms with Crippen molar-refractivity contribution in [1.82, 2.24) is 5.32 Å². The Bertz CT molecular complexity index is 1710. The van der Waals surface area contributed by atoms with Crippen LogP contribution >= 0.6 is 23.2 Å². The van der Waals surface area contributed by atoms with Gasteiger partial charge < -0.3 is 15.2 Å². The summed E-state index contributed by atoms with van der Waals surface area (Å²) in [6.45, 7) is 8.51. The first-order valence-corrected chi connectivity index (χ1v) is 16.9. The van der Waals surface area contributed by atoms with Gasteiger partial charge in [0.2, 0.25) is 5.91 Å². The van der Waals surface area contributed by atoms with Crippen molar-refractivity contribution in [2.45, 2.75) is 39.5 Å². The van der Waals surface area contributed by atoms with Gasteiger partial charge in [-0.2, -0.15) is 0 Å². The van der Waals surface area contributed by atoms with Crippen molar-refractivity contribution in [2.75, 3.05) is 17.6 Å². The molecule has 0 aliphatic rings. The average molecular weight is 678 g/mol. The van der Waals surface area contributed by atoms with Crippen LogP contribution < -0.4 is 10.6 Å². The van der Waals surface area contributed by atoms with Gasteiger partial charge in [0.25, 0.3) is 5.91 Å². The molecule has 4 aromatic carbocycles. The van der Waals surface area contributed by atoms with E-state index in [0.717, 1.165) is 27.8 Å². The van der Waals surface area contributed by atoms with Gasteiger partial charge in [-0.1, -0.05) is 118 Å². The van der Waals surface area contributed by atoms with Gasteiger partial charge in [0, 0.05) is 33.4 Å². The SMILES string of the molecule is CC(c1ccc(C(=O)NCCS(=O)O)cc1)C(C(=O)Nc1ccc(-c2ccc(Cl)cc2Cl)cc1)c1ccc(/C=C/C(C)(C)C)cc1. The summed E-state index contributed by atoms with van der Waals surface area (Å²) < 4.78 is 19.8. The molecule has 3 unspecified atom stereocenters. The number of halogens is 2. The van der Waals surface area contributed by atoms with E-state index in [1.165, 1.54) is 0 Å².